The number of hydrogen-bond donors (Lipinski definition) is 1. The standard InChI is InChI=1S/C25H42BrClO6Si2/c1-23(2,3)34(8,9)31-15-19-21(33-35(10,11)24(4,5)6)25(26,27)20(32-19)17-14-16(22(28)29)12-13-18(17)30-7/h12-14,19-21H,15H2,1-11H3,(H,28,29)/t19-,20?,21-,25-/m1/s1. The Labute approximate surface area is 226 Å². The zero-order chi connectivity index (χ0) is 27.2. The van der Waals surface area contributed by atoms with Crippen molar-refractivity contribution in [1.82, 2.24) is 0 Å². The third kappa shape index (κ3) is 6.53. The lowest BCUT2D eigenvalue weighted by molar-refractivity contribution is -0.0170. The molecule has 1 aliphatic rings. The normalized spacial score (nSPS) is 26.1. The van der Waals surface area contributed by atoms with Crippen LogP contribution in [-0.4, -0.2) is 57.4 Å². The molecule has 1 unspecified atom stereocenters. The summed E-state index contributed by atoms with van der Waals surface area (Å²) in [7, 11) is -2.79. The van der Waals surface area contributed by atoms with Gasteiger partial charge in [0.2, 0.25) is 0 Å². The second kappa shape index (κ2) is 10.4. The Balaban J connectivity index is 2.55. The maximum atomic E-state index is 11.7. The van der Waals surface area contributed by atoms with E-state index in [0.717, 1.165) is 0 Å². The van der Waals surface area contributed by atoms with Crippen molar-refractivity contribution in [2.45, 2.75) is 99.9 Å². The van der Waals surface area contributed by atoms with Crippen molar-refractivity contribution in [3.63, 3.8) is 0 Å². The van der Waals surface area contributed by atoms with Gasteiger partial charge in [0.05, 0.1) is 19.3 Å². The molecule has 2 rings (SSSR count). The Hall–Kier alpha value is -0.426. The summed E-state index contributed by atoms with van der Waals surface area (Å²) in [5, 5.41) is 9.57. The van der Waals surface area contributed by atoms with Gasteiger partial charge in [-0.05, 0) is 54.5 Å². The van der Waals surface area contributed by atoms with E-state index in [4.69, 9.17) is 29.9 Å². The van der Waals surface area contributed by atoms with Crippen molar-refractivity contribution >= 4 is 50.1 Å². The highest BCUT2D eigenvalue weighted by atomic mass is 79.9. The second-order valence-electron chi connectivity index (χ2n) is 12.4. The van der Waals surface area contributed by atoms with Gasteiger partial charge in [-0.1, -0.05) is 57.5 Å². The lowest BCUT2D eigenvalue weighted by atomic mass is 10.0. The number of carboxylic acids is 1. The fourth-order valence-corrected chi connectivity index (χ4v) is 7.05. The molecule has 1 saturated heterocycles. The predicted octanol–water partition coefficient (Wildman–Crippen LogP) is 7.58. The number of carboxylic acid groups (broad SMARTS) is 1. The van der Waals surface area contributed by atoms with Crippen molar-refractivity contribution < 1.29 is 28.2 Å². The van der Waals surface area contributed by atoms with Crippen molar-refractivity contribution in [3.05, 3.63) is 29.3 Å². The third-order valence-corrected chi connectivity index (χ3v) is 18.0. The van der Waals surface area contributed by atoms with Crippen molar-refractivity contribution in [2.24, 2.45) is 0 Å². The van der Waals surface area contributed by atoms with Crippen molar-refractivity contribution in [3.8, 4) is 5.75 Å². The summed E-state index contributed by atoms with van der Waals surface area (Å²) in [6, 6.07) is 4.70. The highest BCUT2D eigenvalue weighted by molar-refractivity contribution is 9.10. The van der Waals surface area contributed by atoms with Gasteiger partial charge in [0.1, 0.15) is 24.1 Å². The molecule has 0 aliphatic carbocycles. The Kier molecular flexibility index (Phi) is 9.14. The number of benzene rings is 1. The summed E-state index contributed by atoms with van der Waals surface area (Å²) >= 11 is 11.0. The maximum Gasteiger partial charge on any atom is 0.335 e. The largest absolute Gasteiger partial charge is 0.496 e. The molecule has 1 N–H and O–H groups in total. The quantitative estimate of drug-likeness (QED) is 0.242. The number of carbonyl (C=O) groups is 1. The Morgan fingerprint density at radius 2 is 1.66 bits per heavy atom. The van der Waals surface area contributed by atoms with E-state index in [1.807, 2.05) is 0 Å². The first kappa shape index (κ1) is 30.8. The van der Waals surface area contributed by atoms with E-state index in [1.165, 1.54) is 6.07 Å². The topological polar surface area (TPSA) is 74.2 Å². The molecule has 0 saturated carbocycles. The van der Waals surface area contributed by atoms with Gasteiger partial charge < -0.3 is 23.4 Å². The molecule has 6 nitrogen and oxygen atoms in total. The fraction of sp³-hybridized carbons (Fsp3) is 0.720. The van der Waals surface area contributed by atoms with Crippen LogP contribution >= 0.6 is 27.5 Å². The molecule has 10 heteroatoms. The van der Waals surface area contributed by atoms with Gasteiger partial charge >= 0.3 is 5.97 Å². The molecule has 0 radical (unpaired) electrons. The lowest BCUT2D eigenvalue weighted by Gasteiger charge is -2.42. The number of ether oxygens (including phenoxy) is 2. The Bertz CT molecular complexity index is 924. The lowest BCUT2D eigenvalue weighted by Crippen LogP contribution is -2.52. The first-order valence-electron chi connectivity index (χ1n) is 11.9. The number of hydrogen-bond acceptors (Lipinski definition) is 5. The minimum absolute atomic E-state index is 0.0340. The SMILES string of the molecule is COc1ccc(C(=O)O)cc1C1O[C@H](CO[Si](C)(C)C(C)(C)C)[C@@H](O[Si](C)(C)C(C)(C)C)[C@@]1(Cl)Br. The van der Waals surface area contributed by atoms with Crippen molar-refractivity contribution in [1.29, 1.82) is 0 Å². The minimum Gasteiger partial charge on any atom is -0.496 e. The molecule has 0 bridgehead atoms. The number of halogens is 2. The predicted molar refractivity (Wildman–Crippen MR) is 150 cm³/mol. The van der Waals surface area contributed by atoms with Gasteiger partial charge in [-0.25, -0.2) is 4.79 Å². The van der Waals surface area contributed by atoms with Crippen LogP contribution in [0.3, 0.4) is 0 Å². The number of alkyl halides is 2. The van der Waals surface area contributed by atoms with Crippen LogP contribution < -0.4 is 4.74 Å². The molecule has 200 valence electrons. The Morgan fingerprint density at radius 1 is 1.11 bits per heavy atom. The van der Waals surface area contributed by atoms with Crippen LogP contribution in [0.1, 0.15) is 63.6 Å². The van der Waals surface area contributed by atoms with E-state index in [1.54, 1.807) is 19.2 Å². The molecule has 0 aromatic heterocycles. The van der Waals surface area contributed by atoms with E-state index < -0.39 is 44.7 Å². The second-order valence-corrected chi connectivity index (χ2v) is 24.3. The Morgan fingerprint density at radius 3 is 2.11 bits per heavy atom. The molecule has 0 spiro atoms. The van der Waals surface area contributed by atoms with Crippen LogP contribution in [0.5, 0.6) is 5.75 Å². The smallest absolute Gasteiger partial charge is 0.335 e. The van der Waals surface area contributed by atoms with Gasteiger partial charge in [-0.15, -0.1) is 11.6 Å². The summed E-state index contributed by atoms with van der Waals surface area (Å²) < 4.78 is 24.4. The molecule has 1 aliphatic heterocycles. The average molecular weight is 610 g/mol. The molecule has 1 heterocycles. The van der Waals surface area contributed by atoms with Gasteiger partial charge in [-0.3, -0.25) is 0 Å². The van der Waals surface area contributed by atoms with Crippen LogP contribution in [0.4, 0.5) is 0 Å². The molecule has 0 amide bonds. The van der Waals surface area contributed by atoms with Gasteiger partial charge in [-0.2, -0.15) is 0 Å². The van der Waals surface area contributed by atoms with Crippen molar-refractivity contribution in [2.75, 3.05) is 13.7 Å². The third-order valence-electron chi connectivity index (χ3n) is 7.78. The summed E-state index contributed by atoms with van der Waals surface area (Å²) in [6.07, 6.45) is -1.71. The molecule has 35 heavy (non-hydrogen) atoms. The summed E-state index contributed by atoms with van der Waals surface area (Å²) in [5.41, 5.74) is 0.685. The molecule has 4 atom stereocenters. The number of methoxy groups -OCH3 is 1. The summed E-state index contributed by atoms with van der Waals surface area (Å²) in [4.78, 5) is 11.7. The maximum absolute atomic E-state index is 11.7. The monoisotopic (exact) mass is 608 g/mol. The summed E-state index contributed by atoms with van der Waals surface area (Å²) in [5.74, 6) is -0.532. The van der Waals surface area contributed by atoms with Gasteiger partial charge in [0.15, 0.2) is 20.4 Å². The van der Waals surface area contributed by atoms with Gasteiger partial charge in [0.25, 0.3) is 0 Å². The van der Waals surface area contributed by atoms with E-state index >= 15 is 0 Å². The van der Waals surface area contributed by atoms with E-state index in [0.29, 0.717) is 17.9 Å². The fourth-order valence-electron chi connectivity index (χ4n) is 3.37. The molecule has 1 aromatic carbocycles. The zero-order valence-electron chi connectivity index (χ0n) is 22.9. The number of aromatic carboxylic acids is 1. The van der Waals surface area contributed by atoms with E-state index in [9.17, 15) is 9.90 Å². The minimum atomic E-state index is -2.26. The van der Waals surface area contributed by atoms with Crippen LogP contribution in [0.25, 0.3) is 0 Å². The molecular formula is C25H42BrClO6Si2. The van der Waals surface area contributed by atoms with Crippen LogP contribution in [0.2, 0.25) is 36.3 Å². The van der Waals surface area contributed by atoms with Crippen LogP contribution in [0.15, 0.2) is 18.2 Å². The van der Waals surface area contributed by atoms with E-state index in [2.05, 4.69) is 83.7 Å². The average Bonchev–Trinajstić information content (AvgIpc) is 2.93. The highest BCUT2D eigenvalue weighted by Gasteiger charge is 2.59. The molecule has 1 aromatic rings. The zero-order valence-corrected chi connectivity index (χ0v) is 27.3. The van der Waals surface area contributed by atoms with E-state index in [-0.39, 0.29) is 15.6 Å². The molecular weight excluding hydrogens is 568 g/mol. The van der Waals surface area contributed by atoms with Crippen LogP contribution in [0, 0.1) is 0 Å². The molecule has 1 fully saturated rings. The van der Waals surface area contributed by atoms with Gasteiger partial charge in [0, 0.05) is 5.56 Å². The van der Waals surface area contributed by atoms with Crippen LogP contribution in [-0.2, 0) is 13.6 Å². The first-order valence-corrected chi connectivity index (χ1v) is 18.9. The number of rotatable bonds is 8. The first-order chi connectivity index (χ1) is 15.7. The summed E-state index contributed by atoms with van der Waals surface area (Å²) in [6.45, 7) is 22.2. The highest BCUT2D eigenvalue weighted by Crippen LogP contribution is 2.55.